The van der Waals surface area contributed by atoms with Gasteiger partial charge in [-0.3, -0.25) is 4.79 Å². The molecule has 0 aromatic carbocycles. The van der Waals surface area contributed by atoms with E-state index < -0.39 is 0 Å². The van der Waals surface area contributed by atoms with Crippen LogP contribution in [0.4, 0.5) is 0 Å². The van der Waals surface area contributed by atoms with E-state index in [0.29, 0.717) is 0 Å². The summed E-state index contributed by atoms with van der Waals surface area (Å²) in [4.78, 5) is 14.3. The van der Waals surface area contributed by atoms with Gasteiger partial charge in [0.05, 0.1) is 6.04 Å². The molecule has 1 heterocycles. The van der Waals surface area contributed by atoms with Crippen LogP contribution in [-0.2, 0) is 4.79 Å². The highest BCUT2D eigenvalue weighted by Gasteiger charge is 2.21. The van der Waals surface area contributed by atoms with E-state index in [-0.39, 0.29) is 18.0 Å². The summed E-state index contributed by atoms with van der Waals surface area (Å²) in [5, 5.41) is 6.39. The number of hydrogen-bond donors (Lipinski definition) is 2. The number of hydrogen-bond acceptors (Lipinski definition) is 3. The molecule has 0 bridgehead atoms. The van der Waals surface area contributed by atoms with Crippen molar-refractivity contribution in [2.24, 2.45) is 0 Å². The van der Waals surface area contributed by atoms with Gasteiger partial charge >= 0.3 is 0 Å². The lowest BCUT2D eigenvalue weighted by Crippen LogP contribution is -2.51. The molecule has 4 nitrogen and oxygen atoms in total. The van der Waals surface area contributed by atoms with Crippen molar-refractivity contribution in [3.05, 3.63) is 0 Å². The van der Waals surface area contributed by atoms with Gasteiger partial charge < -0.3 is 15.5 Å². The topological polar surface area (TPSA) is 44.4 Å². The van der Waals surface area contributed by atoms with E-state index in [1.165, 1.54) is 6.42 Å². The van der Waals surface area contributed by atoms with Crippen LogP contribution in [0.3, 0.4) is 0 Å². The monoisotopic (exact) mass is 241 g/mol. The van der Waals surface area contributed by atoms with Crippen LogP contribution < -0.4 is 10.6 Å². The molecule has 1 aliphatic heterocycles. The van der Waals surface area contributed by atoms with Gasteiger partial charge in [-0.15, -0.1) is 0 Å². The summed E-state index contributed by atoms with van der Waals surface area (Å²) in [5.41, 5.74) is 0. The number of likely N-dealkylation sites (N-methyl/N-ethyl adjacent to an activating group) is 1. The second-order valence-corrected chi connectivity index (χ2v) is 4.90. The largest absolute Gasteiger partial charge is 0.351 e. The van der Waals surface area contributed by atoms with E-state index in [1.54, 1.807) is 0 Å². The van der Waals surface area contributed by atoms with Gasteiger partial charge in [0, 0.05) is 12.6 Å². The second-order valence-electron chi connectivity index (χ2n) is 4.90. The van der Waals surface area contributed by atoms with E-state index >= 15 is 0 Å². The van der Waals surface area contributed by atoms with Crippen molar-refractivity contribution in [1.82, 2.24) is 15.5 Å². The van der Waals surface area contributed by atoms with Gasteiger partial charge in [0.15, 0.2) is 0 Å². The number of carbonyl (C=O) groups excluding carboxylic acids is 1. The number of rotatable bonds is 6. The highest BCUT2D eigenvalue weighted by molar-refractivity contribution is 5.82. The summed E-state index contributed by atoms with van der Waals surface area (Å²) in [6.07, 6.45) is 3.33. The van der Waals surface area contributed by atoms with Gasteiger partial charge in [0.1, 0.15) is 0 Å². The van der Waals surface area contributed by atoms with E-state index in [4.69, 9.17) is 0 Å². The Bertz CT molecular complexity index is 223. The molecule has 1 unspecified atom stereocenters. The van der Waals surface area contributed by atoms with E-state index in [0.717, 1.165) is 39.0 Å². The highest BCUT2D eigenvalue weighted by Crippen LogP contribution is 2.07. The zero-order valence-electron chi connectivity index (χ0n) is 11.5. The van der Waals surface area contributed by atoms with Gasteiger partial charge in [0.2, 0.25) is 5.91 Å². The molecule has 1 rings (SSSR count). The molecule has 2 atom stereocenters. The third kappa shape index (κ3) is 5.04. The summed E-state index contributed by atoms with van der Waals surface area (Å²) >= 11 is 0. The maximum absolute atomic E-state index is 12.0. The fraction of sp³-hybridized carbons (Fsp3) is 0.923. The number of amides is 1. The number of nitrogens with zero attached hydrogens (tertiary/aromatic N) is 1. The first-order valence-electron chi connectivity index (χ1n) is 6.93. The summed E-state index contributed by atoms with van der Waals surface area (Å²) in [6.45, 7) is 10.4. The minimum Gasteiger partial charge on any atom is -0.351 e. The maximum atomic E-state index is 12.0. The van der Waals surface area contributed by atoms with Crippen LogP contribution in [0.15, 0.2) is 0 Å². The molecule has 0 radical (unpaired) electrons. The summed E-state index contributed by atoms with van der Waals surface area (Å²) < 4.78 is 0. The molecule has 2 N–H and O–H groups in total. The van der Waals surface area contributed by atoms with Crippen molar-refractivity contribution in [2.75, 3.05) is 26.2 Å². The summed E-state index contributed by atoms with van der Waals surface area (Å²) in [6, 6.07) is 0.258. The predicted octanol–water partition coefficient (Wildman–Crippen LogP) is 0.975. The third-order valence-corrected chi connectivity index (χ3v) is 3.44. The first-order chi connectivity index (χ1) is 8.17. The smallest absolute Gasteiger partial charge is 0.237 e. The number of carbonyl (C=O) groups is 1. The van der Waals surface area contributed by atoms with Gasteiger partial charge in [-0.1, -0.05) is 20.3 Å². The lowest BCUT2D eigenvalue weighted by atomic mass is 10.0. The minimum absolute atomic E-state index is 0.0305. The molecule has 0 aromatic rings. The number of piperidine rings is 1. The Morgan fingerprint density at radius 3 is 2.65 bits per heavy atom. The Balaban J connectivity index is 2.29. The van der Waals surface area contributed by atoms with Crippen LogP contribution in [0.1, 0.15) is 40.0 Å². The Morgan fingerprint density at radius 1 is 1.41 bits per heavy atom. The average Bonchev–Trinajstić information content (AvgIpc) is 2.37. The lowest BCUT2D eigenvalue weighted by Gasteiger charge is -2.27. The van der Waals surface area contributed by atoms with Crippen molar-refractivity contribution < 1.29 is 4.79 Å². The molecule has 0 spiro atoms. The fourth-order valence-electron chi connectivity index (χ4n) is 2.33. The zero-order valence-corrected chi connectivity index (χ0v) is 11.5. The van der Waals surface area contributed by atoms with Crippen LogP contribution >= 0.6 is 0 Å². The van der Waals surface area contributed by atoms with Crippen LogP contribution in [0.25, 0.3) is 0 Å². The molecule has 0 aromatic heterocycles. The molecule has 1 fully saturated rings. The van der Waals surface area contributed by atoms with E-state index in [2.05, 4.69) is 36.3 Å². The molecular weight excluding hydrogens is 214 g/mol. The van der Waals surface area contributed by atoms with Crippen molar-refractivity contribution in [2.45, 2.75) is 52.1 Å². The van der Waals surface area contributed by atoms with Gasteiger partial charge in [-0.2, -0.15) is 0 Å². The zero-order chi connectivity index (χ0) is 12.7. The normalized spacial score (nSPS) is 22.5. The Labute approximate surface area is 105 Å². The van der Waals surface area contributed by atoms with Crippen molar-refractivity contribution >= 4 is 5.91 Å². The third-order valence-electron chi connectivity index (χ3n) is 3.44. The van der Waals surface area contributed by atoms with Crippen LogP contribution in [0.2, 0.25) is 0 Å². The van der Waals surface area contributed by atoms with Crippen molar-refractivity contribution in [3.8, 4) is 0 Å². The summed E-state index contributed by atoms with van der Waals surface area (Å²) in [5.74, 6) is 0.171. The molecule has 4 heteroatoms. The van der Waals surface area contributed by atoms with E-state index in [1.807, 2.05) is 0 Å². The standard InChI is InChI=1S/C13H27N3O/c1-4-16(5-2)10-11(3)15-13(17)12-8-6-7-9-14-12/h11-12,14H,4-10H2,1-3H3,(H,15,17)/t11?,12-/m0/s1. The van der Waals surface area contributed by atoms with Crippen LogP contribution in [0, 0.1) is 0 Å². The maximum Gasteiger partial charge on any atom is 0.237 e. The van der Waals surface area contributed by atoms with Crippen LogP contribution in [-0.4, -0.2) is 49.1 Å². The van der Waals surface area contributed by atoms with E-state index in [9.17, 15) is 4.79 Å². The number of nitrogens with one attached hydrogen (secondary N) is 2. The van der Waals surface area contributed by atoms with Crippen molar-refractivity contribution in [3.63, 3.8) is 0 Å². The highest BCUT2D eigenvalue weighted by atomic mass is 16.2. The molecular formula is C13H27N3O. The second kappa shape index (κ2) is 7.67. The molecule has 1 aliphatic rings. The van der Waals surface area contributed by atoms with Crippen molar-refractivity contribution in [1.29, 1.82) is 0 Å². The van der Waals surface area contributed by atoms with Gasteiger partial charge in [-0.25, -0.2) is 0 Å². The molecule has 0 aliphatic carbocycles. The Kier molecular flexibility index (Phi) is 6.52. The Morgan fingerprint density at radius 2 is 2.12 bits per heavy atom. The molecule has 17 heavy (non-hydrogen) atoms. The molecule has 100 valence electrons. The first-order valence-corrected chi connectivity index (χ1v) is 6.93. The van der Waals surface area contributed by atoms with Gasteiger partial charge in [-0.05, 0) is 39.4 Å². The summed E-state index contributed by atoms with van der Waals surface area (Å²) in [7, 11) is 0. The molecule has 1 saturated heterocycles. The SMILES string of the molecule is CCN(CC)CC(C)NC(=O)[C@@H]1CCCCN1. The Hall–Kier alpha value is -0.610. The minimum atomic E-state index is 0.0305. The van der Waals surface area contributed by atoms with Gasteiger partial charge in [0.25, 0.3) is 0 Å². The quantitative estimate of drug-likeness (QED) is 0.728. The van der Waals surface area contributed by atoms with Crippen LogP contribution in [0.5, 0.6) is 0 Å². The lowest BCUT2D eigenvalue weighted by molar-refractivity contribution is -0.124. The average molecular weight is 241 g/mol. The first kappa shape index (κ1) is 14.5. The molecule has 1 amide bonds. The predicted molar refractivity (Wildman–Crippen MR) is 71.0 cm³/mol. The fourth-order valence-corrected chi connectivity index (χ4v) is 2.33. The molecule has 0 saturated carbocycles.